The van der Waals surface area contributed by atoms with Crippen molar-refractivity contribution in [1.29, 1.82) is 0 Å². The van der Waals surface area contributed by atoms with Gasteiger partial charge < -0.3 is 4.57 Å². The van der Waals surface area contributed by atoms with Crippen LogP contribution in [-0.2, 0) is 7.05 Å². The Morgan fingerprint density at radius 3 is 2.77 bits per heavy atom. The van der Waals surface area contributed by atoms with Gasteiger partial charge in [0, 0.05) is 18.9 Å². The van der Waals surface area contributed by atoms with Gasteiger partial charge in [-0.2, -0.15) is 5.10 Å². The van der Waals surface area contributed by atoms with Crippen LogP contribution in [0.4, 0.5) is 0 Å². The van der Waals surface area contributed by atoms with Crippen LogP contribution in [0.3, 0.4) is 0 Å². The van der Waals surface area contributed by atoms with Crippen molar-refractivity contribution in [3.63, 3.8) is 0 Å². The van der Waals surface area contributed by atoms with Gasteiger partial charge in [-0.05, 0) is 19.9 Å². The van der Waals surface area contributed by atoms with Crippen molar-refractivity contribution in [1.82, 2.24) is 14.2 Å². The van der Waals surface area contributed by atoms with Gasteiger partial charge >= 0.3 is 0 Å². The highest BCUT2D eigenvalue weighted by atomic mass is 16.1. The van der Waals surface area contributed by atoms with Crippen molar-refractivity contribution < 1.29 is 0 Å². The molecule has 0 bridgehead atoms. The molecule has 0 amide bonds. The number of hydrogen-bond acceptors (Lipinski definition) is 2. The molecule has 2 aromatic rings. The Labute approximate surface area is 75.4 Å². The largest absolute Gasteiger partial charge is 0.313 e. The number of aryl methyl sites for hydroxylation is 2. The molecule has 2 aromatic heterocycles. The second-order valence-corrected chi connectivity index (χ2v) is 3.25. The van der Waals surface area contributed by atoms with Crippen LogP contribution >= 0.6 is 0 Å². The minimum atomic E-state index is 0.000556. The van der Waals surface area contributed by atoms with Crippen molar-refractivity contribution >= 4 is 5.52 Å². The number of fused-ring (bicyclic) bond motifs is 1. The Morgan fingerprint density at radius 1 is 1.38 bits per heavy atom. The Hall–Kier alpha value is -1.58. The average molecular weight is 177 g/mol. The SMILES string of the molecule is Cc1cc2c(=O)n(C)c(C)cn2n1. The molecule has 0 aliphatic carbocycles. The molecule has 0 fully saturated rings. The first-order chi connectivity index (χ1) is 6.09. The fourth-order valence-electron chi connectivity index (χ4n) is 1.37. The quantitative estimate of drug-likeness (QED) is 0.592. The molecule has 0 atom stereocenters. The van der Waals surface area contributed by atoms with E-state index < -0.39 is 0 Å². The Kier molecular flexibility index (Phi) is 1.52. The smallest absolute Gasteiger partial charge is 0.276 e. The summed E-state index contributed by atoms with van der Waals surface area (Å²) >= 11 is 0. The van der Waals surface area contributed by atoms with Gasteiger partial charge in [0.1, 0.15) is 5.52 Å². The molecule has 0 saturated carbocycles. The molecule has 0 aliphatic heterocycles. The third kappa shape index (κ3) is 1.06. The van der Waals surface area contributed by atoms with Crippen LogP contribution < -0.4 is 5.56 Å². The molecule has 0 radical (unpaired) electrons. The molecule has 0 spiro atoms. The van der Waals surface area contributed by atoms with Gasteiger partial charge in [-0.25, -0.2) is 4.52 Å². The molecular weight excluding hydrogens is 166 g/mol. The third-order valence-corrected chi connectivity index (χ3v) is 2.22. The van der Waals surface area contributed by atoms with E-state index in [-0.39, 0.29) is 5.56 Å². The Bertz CT molecular complexity index is 521. The van der Waals surface area contributed by atoms with Gasteiger partial charge in [-0.1, -0.05) is 0 Å². The van der Waals surface area contributed by atoms with Gasteiger partial charge in [0.25, 0.3) is 5.56 Å². The van der Waals surface area contributed by atoms with E-state index >= 15 is 0 Å². The summed E-state index contributed by atoms with van der Waals surface area (Å²) < 4.78 is 3.25. The highest BCUT2D eigenvalue weighted by Crippen LogP contribution is 2.01. The van der Waals surface area contributed by atoms with E-state index in [4.69, 9.17) is 0 Å². The predicted octanol–water partition coefficient (Wildman–Crippen LogP) is 0.650. The van der Waals surface area contributed by atoms with E-state index in [9.17, 15) is 4.79 Å². The zero-order chi connectivity index (χ0) is 9.59. The number of nitrogens with zero attached hydrogens (tertiary/aromatic N) is 3. The molecule has 0 unspecified atom stereocenters. The van der Waals surface area contributed by atoms with Crippen molar-refractivity contribution in [2.75, 3.05) is 0 Å². The first-order valence-corrected chi connectivity index (χ1v) is 4.12. The van der Waals surface area contributed by atoms with E-state index in [1.165, 1.54) is 0 Å². The standard InChI is InChI=1S/C9H11N3O/c1-6-4-8-9(13)11(3)7(2)5-12(8)10-6/h4-5H,1-3H3. The molecule has 2 heterocycles. The molecule has 0 aliphatic rings. The van der Waals surface area contributed by atoms with E-state index in [0.717, 1.165) is 11.4 Å². The van der Waals surface area contributed by atoms with E-state index in [0.29, 0.717) is 5.52 Å². The lowest BCUT2D eigenvalue weighted by molar-refractivity contribution is 0.780. The molecule has 0 saturated heterocycles. The Balaban J connectivity index is 3.01. The number of hydrogen-bond donors (Lipinski definition) is 0. The zero-order valence-electron chi connectivity index (χ0n) is 7.90. The first kappa shape index (κ1) is 8.04. The van der Waals surface area contributed by atoms with Crippen LogP contribution in [0.15, 0.2) is 17.1 Å². The van der Waals surface area contributed by atoms with Crippen LogP contribution in [0.5, 0.6) is 0 Å². The van der Waals surface area contributed by atoms with Gasteiger partial charge in [-0.15, -0.1) is 0 Å². The second kappa shape index (κ2) is 2.45. The summed E-state index contributed by atoms with van der Waals surface area (Å²) in [4.78, 5) is 11.7. The first-order valence-electron chi connectivity index (χ1n) is 4.12. The summed E-state index contributed by atoms with van der Waals surface area (Å²) in [5.41, 5.74) is 2.40. The highest BCUT2D eigenvalue weighted by Gasteiger charge is 2.04. The number of rotatable bonds is 0. The molecule has 4 heteroatoms. The molecule has 0 N–H and O–H groups in total. The normalized spacial score (nSPS) is 11.0. The summed E-state index contributed by atoms with van der Waals surface area (Å²) in [6.45, 7) is 3.76. The zero-order valence-corrected chi connectivity index (χ0v) is 7.90. The van der Waals surface area contributed by atoms with Crippen LogP contribution in [-0.4, -0.2) is 14.2 Å². The van der Waals surface area contributed by atoms with Crippen LogP contribution in [0.2, 0.25) is 0 Å². The molecular formula is C9H11N3O. The van der Waals surface area contributed by atoms with Gasteiger partial charge in [0.15, 0.2) is 0 Å². The maximum Gasteiger partial charge on any atom is 0.276 e. The minimum absolute atomic E-state index is 0.000556. The average Bonchev–Trinajstić information content (AvgIpc) is 2.42. The van der Waals surface area contributed by atoms with E-state index in [1.54, 1.807) is 22.2 Å². The molecule has 13 heavy (non-hydrogen) atoms. The van der Waals surface area contributed by atoms with Gasteiger partial charge in [-0.3, -0.25) is 4.79 Å². The summed E-state index contributed by atoms with van der Waals surface area (Å²) in [5, 5.41) is 4.18. The van der Waals surface area contributed by atoms with Gasteiger partial charge in [0.05, 0.1) is 5.69 Å². The lowest BCUT2D eigenvalue weighted by Gasteiger charge is -2.02. The van der Waals surface area contributed by atoms with Crippen LogP contribution in [0, 0.1) is 13.8 Å². The second-order valence-electron chi connectivity index (χ2n) is 3.25. The maximum absolute atomic E-state index is 11.7. The van der Waals surface area contributed by atoms with Gasteiger partial charge in [0.2, 0.25) is 0 Å². The summed E-state index contributed by atoms with van der Waals surface area (Å²) in [7, 11) is 1.76. The van der Waals surface area contributed by atoms with Crippen molar-refractivity contribution in [3.8, 4) is 0 Å². The molecule has 0 aromatic carbocycles. The lowest BCUT2D eigenvalue weighted by Crippen LogP contribution is -2.20. The van der Waals surface area contributed by atoms with Crippen molar-refractivity contribution in [2.45, 2.75) is 13.8 Å². The monoisotopic (exact) mass is 177 g/mol. The van der Waals surface area contributed by atoms with E-state index in [2.05, 4.69) is 5.10 Å². The topological polar surface area (TPSA) is 39.3 Å². The Morgan fingerprint density at radius 2 is 2.08 bits per heavy atom. The van der Waals surface area contributed by atoms with Crippen LogP contribution in [0.1, 0.15) is 11.4 Å². The summed E-state index contributed by atoms with van der Waals surface area (Å²) in [5.74, 6) is 0. The van der Waals surface area contributed by atoms with Crippen molar-refractivity contribution in [2.24, 2.45) is 7.05 Å². The summed E-state index contributed by atoms with van der Waals surface area (Å²) in [6, 6.07) is 1.79. The van der Waals surface area contributed by atoms with Crippen LogP contribution in [0.25, 0.3) is 5.52 Å². The lowest BCUT2D eigenvalue weighted by atomic mass is 10.4. The fraction of sp³-hybridized carbons (Fsp3) is 0.333. The maximum atomic E-state index is 11.7. The third-order valence-electron chi connectivity index (χ3n) is 2.22. The molecule has 68 valence electrons. The minimum Gasteiger partial charge on any atom is -0.313 e. The molecule has 2 rings (SSSR count). The predicted molar refractivity (Wildman–Crippen MR) is 49.9 cm³/mol. The number of aromatic nitrogens is 3. The summed E-state index contributed by atoms with van der Waals surface area (Å²) in [6.07, 6.45) is 1.85. The fourth-order valence-corrected chi connectivity index (χ4v) is 1.37. The van der Waals surface area contributed by atoms with E-state index in [1.807, 2.05) is 20.0 Å². The van der Waals surface area contributed by atoms with Crippen molar-refractivity contribution in [3.05, 3.63) is 34.0 Å². The molecule has 4 nitrogen and oxygen atoms in total. The highest BCUT2D eigenvalue weighted by molar-refractivity contribution is 5.45.